The molecule has 0 aromatic heterocycles. The van der Waals surface area contributed by atoms with Crippen LogP contribution in [0.15, 0.2) is 65.6 Å². The zero-order valence-electron chi connectivity index (χ0n) is 18.3. The number of hydrogen-bond donors (Lipinski definition) is 3. The summed E-state index contributed by atoms with van der Waals surface area (Å²) < 4.78 is 34.4. The van der Waals surface area contributed by atoms with Crippen molar-refractivity contribution in [1.29, 1.82) is 0 Å². The highest BCUT2D eigenvalue weighted by Gasteiger charge is 2.35. The summed E-state index contributed by atoms with van der Waals surface area (Å²) in [5.74, 6) is -0.698. The van der Waals surface area contributed by atoms with Crippen LogP contribution in [0.3, 0.4) is 0 Å². The Morgan fingerprint density at radius 2 is 1.39 bits per heavy atom. The summed E-state index contributed by atoms with van der Waals surface area (Å²) in [6.45, 7) is 7.84. The first-order valence-electron chi connectivity index (χ1n) is 10.1. The van der Waals surface area contributed by atoms with Gasteiger partial charge in [-0.1, -0.05) is 64.1 Å². The van der Waals surface area contributed by atoms with Crippen molar-refractivity contribution in [3.05, 3.63) is 66.2 Å². The van der Waals surface area contributed by atoms with Crippen LogP contribution in [0.25, 0.3) is 0 Å². The number of aliphatic hydroxyl groups excluding tert-OH is 2. The van der Waals surface area contributed by atoms with Gasteiger partial charge in [0.15, 0.2) is 0 Å². The minimum atomic E-state index is -4.00. The predicted molar refractivity (Wildman–Crippen MR) is 118 cm³/mol. The van der Waals surface area contributed by atoms with Crippen LogP contribution in [0.4, 0.5) is 0 Å². The van der Waals surface area contributed by atoms with Crippen molar-refractivity contribution in [3.63, 3.8) is 0 Å². The third kappa shape index (κ3) is 8.78. The van der Waals surface area contributed by atoms with E-state index in [9.17, 15) is 23.4 Å². The van der Waals surface area contributed by atoms with Crippen LogP contribution in [0.5, 0.6) is 0 Å². The summed E-state index contributed by atoms with van der Waals surface area (Å²) in [7, 11) is -4.00. The van der Waals surface area contributed by atoms with Crippen molar-refractivity contribution in [2.24, 2.45) is 23.7 Å². The fourth-order valence-corrected chi connectivity index (χ4v) is 3.74. The third-order valence-electron chi connectivity index (χ3n) is 4.94. The van der Waals surface area contributed by atoms with E-state index in [0.29, 0.717) is 5.56 Å². The zero-order valence-corrected chi connectivity index (χ0v) is 19.1. The molecule has 0 saturated heterocycles. The predicted octanol–water partition coefficient (Wildman–Crippen LogP) is 3.63. The molecule has 0 aliphatic carbocycles. The van der Waals surface area contributed by atoms with E-state index in [1.807, 2.05) is 33.8 Å². The molecule has 172 valence electrons. The van der Waals surface area contributed by atoms with Gasteiger partial charge in [-0.25, -0.2) is 4.79 Å². The zero-order chi connectivity index (χ0) is 23.6. The highest BCUT2D eigenvalue weighted by Crippen LogP contribution is 2.31. The number of carbonyl (C=O) groups is 1. The van der Waals surface area contributed by atoms with Gasteiger partial charge in [0.05, 0.1) is 10.5 Å². The summed E-state index contributed by atoms with van der Waals surface area (Å²) >= 11 is 0. The molecule has 3 unspecified atom stereocenters. The van der Waals surface area contributed by atoms with Crippen molar-refractivity contribution in [2.75, 3.05) is 6.61 Å². The highest BCUT2D eigenvalue weighted by atomic mass is 32.2. The number of carbonyl (C=O) groups excluding carboxylic acids is 1. The van der Waals surface area contributed by atoms with Gasteiger partial charge in [0.25, 0.3) is 10.1 Å². The van der Waals surface area contributed by atoms with Gasteiger partial charge in [0, 0.05) is 12.5 Å². The summed E-state index contributed by atoms with van der Waals surface area (Å²) in [4.78, 5) is 11.9. The maximum atomic E-state index is 12.0. The van der Waals surface area contributed by atoms with Gasteiger partial charge >= 0.3 is 5.97 Å². The van der Waals surface area contributed by atoms with E-state index in [-0.39, 0.29) is 35.2 Å². The molecule has 0 bridgehead atoms. The monoisotopic (exact) mass is 452 g/mol. The maximum Gasteiger partial charge on any atom is 0.340 e. The summed E-state index contributed by atoms with van der Waals surface area (Å²) in [6, 6.07) is 16.0. The van der Waals surface area contributed by atoms with Gasteiger partial charge in [-0.15, -0.1) is 0 Å². The molecule has 8 heteroatoms. The molecule has 0 heterocycles. The largest absolute Gasteiger partial charge is 0.432 e. The topological polar surface area (TPSA) is 121 Å². The average Bonchev–Trinajstić information content (AvgIpc) is 2.72. The molecular weight excluding hydrogens is 420 g/mol. The lowest BCUT2D eigenvalue weighted by Gasteiger charge is -2.34. The first-order chi connectivity index (χ1) is 14.5. The second-order valence-electron chi connectivity index (χ2n) is 7.86. The molecule has 2 aromatic rings. The van der Waals surface area contributed by atoms with Gasteiger partial charge in [-0.3, -0.25) is 4.55 Å². The minimum Gasteiger partial charge on any atom is -0.432 e. The Balaban J connectivity index is 0.000000399. The normalized spacial score (nSPS) is 14.4. The van der Waals surface area contributed by atoms with Gasteiger partial charge in [0.2, 0.25) is 6.29 Å². The molecule has 0 amide bonds. The molecule has 31 heavy (non-hydrogen) atoms. The van der Waals surface area contributed by atoms with Gasteiger partial charge < -0.3 is 14.9 Å². The van der Waals surface area contributed by atoms with Crippen LogP contribution in [0, 0.1) is 23.7 Å². The molecule has 0 fully saturated rings. The lowest BCUT2D eigenvalue weighted by molar-refractivity contribution is -0.134. The second kappa shape index (κ2) is 12.6. The maximum absolute atomic E-state index is 12.0. The Hall–Kier alpha value is -2.26. The van der Waals surface area contributed by atoms with Crippen LogP contribution in [0.1, 0.15) is 38.1 Å². The van der Waals surface area contributed by atoms with Gasteiger partial charge in [-0.2, -0.15) is 8.42 Å². The van der Waals surface area contributed by atoms with Crippen molar-refractivity contribution < 1.29 is 32.7 Å². The van der Waals surface area contributed by atoms with Crippen LogP contribution in [0.2, 0.25) is 0 Å². The standard InChI is InChI=1S/C17H26O4.C6H6O3S/c1-11(2)14(10-18)15(12(3)4)17(20)21-16(19)13-8-6-5-7-9-13;7-10(8,9)6-4-2-1-3-5-6/h5-9,11-12,14-15,17-18,20H,10H2,1-4H3;1-5H,(H,7,8,9). The first kappa shape index (κ1) is 26.8. The van der Waals surface area contributed by atoms with Gasteiger partial charge in [0.1, 0.15) is 0 Å². The van der Waals surface area contributed by atoms with Crippen LogP contribution in [-0.4, -0.2) is 42.0 Å². The molecule has 7 nitrogen and oxygen atoms in total. The number of rotatable bonds is 8. The third-order valence-corrected chi connectivity index (χ3v) is 5.81. The van der Waals surface area contributed by atoms with Crippen LogP contribution >= 0.6 is 0 Å². The van der Waals surface area contributed by atoms with Crippen molar-refractivity contribution >= 4 is 16.1 Å². The number of benzene rings is 2. The quantitative estimate of drug-likeness (QED) is 0.318. The van der Waals surface area contributed by atoms with E-state index < -0.39 is 22.4 Å². The SMILES string of the molecule is CC(C)C(CO)C(C(C)C)C(O)OC(=O)c1ccccc1.O=S(=O)(O)c1ccccc1. The van der Waals surface area contributed by atoms with Crippen LogP contribution in [-0.2, 0) is 14.9 Å². The number of hydrogen-bond acceptors (Lipinski definition) is 6. The molecule has 0 aliphatic rings. The average molecular weight is 453 g/mol. The summed E-state index contributed by atoms with van der Waals surface area (Å²) in [6.07, 6.45) is -1.22. The summed E-state index contributed by atoms with van der Waals surface area (Å²) in [5.41, 5.74) is 0.407. The molecule has 0 spiro atoms. The van der Waals surface area contributed by atoms with E-state index >= 15 is 0 Å². The Kier molecular flexibility index (Phi) is 10.8. The number of ether oxygens (including phenoxy) is 1. The Morgan fingerprint density at radius 3 is 1.74 bits per heavy atom. The van der Waals surface area contributed by atoms with E-state index in [2.05, 4.69) is 0 Å². The number of aliphatic hydroxyl groups is 2. The Labute approximate surface area is 184 Å². The molecule has 0 radical (unpaired) electrons. The smallest absolute Gasteiger partial charge is 0.340 e. The highest BCUT2D eigenvalue weighted by molar-refractivity contribution is 7.85. The Bertz CT molecular complexity index is 881. The fourth-order valence-electron chi connectivity index (χ4n) is 3.24. The molecular formula is C23H32O7S. The van der Waals surface area contributed by atoms with Crippen molar-refractivity contribution in [1.82, 2.24) is 0 Å². The number of esters is 1. The molecule has 0 aliphatic heterocycles. The second-order valence-corrected chi connectivity index (χ2v) is 9.28. The van der Waals surface area contributed by atoms with Crippen molar-refractivity contribution in [2.45, 2.75) is 38.9 Å². The van der Waals surface area contributed by atoms with E-state index in [0.717, 1.165) is 0 Å². The lowest BCUT2D eigenvalue weighted by Crippen LogP contribution is -2.39. The first-order valence-corrected chi connectivity index (χ1v) is 11.5. The molecule has 2 rings (SSSR count). The molecule has 2 aromatic carbocycles. The van der Waals surface area contributed by atoms with Crippen molar-refractivity contribution in [3.8, 4) is 0 Å². The molecule has 3 N–H and O–H groups in total. The molecule has 3 atom stereocenters. The van der Waals surface area contributed by atoms with E-state index in [4.69, 9.17) is 9.29 Å². The van der Waals surface area contributed by atoms with E-state index in [1.54, 1.807) is 42.5 Å². The minimum absolute atomic E-state index is 0.0412. The molecule has 0 saturated carbocycles. The van der Waals surface area contributed by atoms with Gasteiger partial charge in [-0.05, 0) is 42.0 Å². The van der Waals surface area contributed by atoms with E-state index in [1.165, 1.54) is 12.1 Å². The summed E-state index contributed by atoms with van der Waals surface area (Å²) in [5, 5.41) is 19.9. The lowest BCUT2D eigenvalue weighted by atomic mass is 9.77. The fraction of sp³-hybridized carbons (Fsp3) is 0.435. The Morgan fingerprint density at radius 1 is 0.903 bits per heavy atom. The van der Waals surface area contributed by atoms with Crippen LogP contribution < -0.4 is 0 Å².